The van der Waals surface area contributed by atoms with Crippen LogP contribution in [0.1, 0.15) is 45.2 Å². The summed E-state index contributed by atoms with van der Waals surface area (Å²) >= 11 is 0. The van der Waals surface area contributed by atoms with Crippen LogP contribution in [0.5, 0.6) is 5.75 Å². The van der Waals surface area contributed by atoms with Crippen LogP contribution in [0, 0.1) is 27.7 Å². The Balaban J connectivity index is 1.91. The lowest BCUT2D eigenvalue weighted by Crippen LogP contribution is -2.29. The van der Waals surface area contributed by atoms with Gasteiger partial charge in [0.25, 0.3) is 11.7 Å². The number of carbonyl (C=O) groups is 2. The fraction of sp³-hybridized carbons (Fsp3) is 0.259. The van der Waals surface area contributed by atoms with Gasteiger partial charge in [-0.15, -0.1) is 0 Å². The maximum atomic E-state index is 13.3. The van der Waals surface area contributed by atoms with Gasteiger partial charge in [0.1, 0.15) is 23.3 Å². The van der Waals surface area contributed by atoms with Gasteiger partial charge >= 0.3 is 0 Å². The summed E-state index contributed by atoms with van der Waals surface area (Å²) in [4.78, 5) is 27.9. The second-order valence-corrected chi connectivity index (χ2v) is 8.53. The quantitative estimate of drug-likeness (QED) is 0.334. The van der Waals surface area contributed by atoms with E-state index in [1.807, 2.05) is 52.0 Å². The Morgan fingerprint density at radius 2 is 1.79 bits per heavy atom. The number of ketones is 1. The van der Waals surface area contributed by atoms with Gasteiger partial charge < -0.3 is 19.2 Å². The Morgan fingerprint density at radius 3 is 2.45 bits per heavy atom. The van der Waals surface area contributed by atoms with Gasteiger partial charge in [-0.3, -0.25) is 9.59 Å². The largest absolute Gasteiger partial charge is 0.507 e. The molecule has 1 saturated heterocycles. The highest BCUT2D eigenvalue weighted by atomic mass is 16.5. The van der Waals surface area contributed by atoms with Crippen molar-refractivity contribution in [1.82, 2.24) is 4.90 Å². The molecule has 1 amide bonds. The number of Topliss-reactive ketones (excluding diaryl/α,β-unsaturated/α-hetero) is 1. The van der Waals surface area contributed by atoms with Crippen LogP contribution in [0.3, 0.4) is 0 Å². The van der Waals surface area contributed by atoms with Crippen molar-refractivity contribution in [2.45, 2.75) is 40.3 Å². The number of aliphatic hydroxyl groups excluding tert-OH is 1. The molecule has 1 aliphatic heterocycles. The molecule has 0 saturated carbocycles. The molecule has 0 spiro atoms. The number of hydrogen-bond acceptors (Lipinski definition) is 5. The van der Waals surface area contributed by atoms with Crippen LogP contribution in [0.15, 0.2) is 58.7 Å². The number of rotatable bonds is 5. The second kappa shape index (κ2) is 8.62. The van der Waals surface area contributed by atoms with Gasteiger partial charge in [0.05, 0.1) is 24.5 Å². The third-order valence-corrected chi connectivity index (χ3v) is 6.08. The smallest absolute Gasteiger partial charge is 0.296 e. The van der Waals surface area contributed by atoms with E-state index < -0.39 is 17.7 Å². The van der Waals surface area contributed by atoms with Crippen LogP contribution in [0.2, 0.25) is 0 Å². The molecule has 1 aliphatic rings. The molecule has 170 valence electrons. The van der Waals surface area contributed by atoms with Crippen molar-refractivity contribution in [3.63, 3.8) is 0 Å². The molecule has 2 heterocycles. The number of methoxy groups -OCH3 is 1. The van der Waals surface area contributed by atoms with E-state index in [9.17, 15) is 14.7 Å². The summed E-state index contributed by atoms with van der Waals surface area (Å²) < 4.78 is 11.2. The van der Waals surface area contributed by atoms with E-state index in [1.165, 1.54) is 18.3 Å². The number of amides is 1. The molecule has 6 nitrogen and oxygen atoms in total. The molecule has 4 rings (SSSR count). The third kappa shape index (κ3) is 3.93. The molecule has 2 aromatic carbocycles. The first kappa shape index (κ1) is 22.4. The van der Waals surface area contributed by atoms with Crippen molar-refractivity contribution in [3.05, 3.63) is 93.4 Å². The topological polar surface area (TPSA) is 80.0 Å². The molecular formula is C27H27NO5. The van der Waals surface area contributed by atoms with E-state index in [-0.39, 0.29) is 17.9 Å². The minimum absolute atomic E-state index is 0.0106. The Kier molecular flexibility index (Phi) is 5.85. The van der Waals surface area contributed by atoms with Gasteiger partial charge in [-0.1, -0.05) is 29.8 Å². The highest BCUT2D eigenvalue weighted by molar-refractivity contribution is 6.46. The van der Waals surface area contributed by atoms with E-state index in [1.54, 1.807) is 18.2 Å². The van der Waals surface area contributed by atoms with Gasteiger partial charge in [-0.25, -0.2) is 0 Å². The minimum atomic E-state index is -0.856. The highest BCUT2D eigenvalue weighted by Gasteiger charge is 2.47. The van der Waals surface area contributed by atoms with Crippen LogP contribution >= 0.6 is 0 Å². The van der Waals surface area contributed by atoms with Crippen molar-refractivity contribution in [1.29, 1.82) is 0 Å². The van der Waals surface area contributed by atoms with Gasteiger partial charge in [0.2, 0.25) is 0 Å². The molecule has 1 unspecified atom stereocenters. The predicted molar refractivity (Wildman–Crippen MR) is 125 cm³/mol. The molecule has 1 N–H and O–H groups in total. The van der Waals surface area contributed by atoms with Crippen LogP contribution in [0.4, 0.5) is 0 Å². The molecule has 1 atom stereocenters. The number of likely N-dealkylation sites (tertiary alicyclic amines) is 1. The standard InChI is InChI=1S/C27H27NO5/c1-15-8-9-17(3)19(12-15)14-28-23(21-7-6-10-33-21)22(25(30)27(28)31)24(29)20-13-16(2)11-18(4)26(20)32-5/h6-13,23,29H,14H2,1-5H3/b24-22-. The molecular weight excluding hydrogens is 418 g/mol. The molecule has 6 heteroatoms. The van der Waals surface area contributed by atoms with Crippen LogP contribution in [0.25, 0.3) is 5.76 Å². The van der Waals surface area contributed by atoms with Gasteiger partial charge in [0.15, 0.2) is 0 Å². The Morgan fingerprint density at radius 1 is 1.03 bits per heavy atom. The molecule has 0 radical (unpaired) electrons. The number of furan rings is 1. The van der Waals surface area contributed by atoms with E-state index in [0.717, 1.165) is 27.8 Å². The molecule has 33 heavy (non-hydrogen) atoms. The summed E-state index contributed by atoms with van der Waals surface area (Å²) in [5.74, 6) is -0.842. The number of hydrogen-bond donors (Lipinski definition) is 1. The maximum absolute atomic E-state index is 13.3. The van der Waals surface area contributed by atoms with Crippen molar-refractivity contribution < 1.29 is 23.8 Å². The fourth-order valence-electron chi connectivity index (χ4n) is 4.49. The molecule has 0 bridgehead atoms. The van der Waals surface area contributed by atoms with E-state index >= 15 is 0 Å². The third-order valence-electron chi connectivity index (χ3n) is 6.08. The molecule has 3 aromatic rings. The number of nitrogens with zero attached hydrogens (tertiary/aromatic N) is 1. The van der Waals surface area contributed by atoms with E-state index in [2.05, 4.69) is 0 Å². The van der Waals surface area contributed by atoms with Crippen molar-refractivity contribution >= 4 is 17.4 Å². The predicted octanol–water partition coefficient (Wildman–Crippen LogP) is 5.14. The molecule has 1 fully saturated rings. The normalized spacial score (nSPS) is 17.6. The van der Waals surface area contributed by atoms with Gasteiger partial charge in [-0.05, 0) is 68.1 Å². The van der Waals surface area contributed by atoms with Gasteiger partial charge in [-0.2, -0.15) is 0 Å². The number of aryl methyl sites for hydroxylation is 4. The lowest BCUT2D eigenvalue weighted by atomic mass is 9.96. The zero-order valence-corrected chi connectivity index (χ0v) is 19.4. The average molecular weight is 446 g/mol. The second-order valence-electron chi connectivity index (χ2n) is 8.53. The minimum Gasteiger partial charge on any atom is -0.507 e. The number of benzene rings is 2. The summed E-state index contributed by atoms with van der Waals surface area (Å²) in [5, 5.41) is 11.4. The first-order valence-electron chi connectivity index (χ1n) is 10.8. The van der Waals surface area contributed by atoms with Crippen molar-refractivity contribution in [3.8, 4) is 5.75 Å². The van der Waals surface area contributed by atoms with Crippen LogP contribution in [-0.2, 0) is 16.1 Å². The first-order valence-corrected chi connectivity index (χ1v) is 10.8. The molecule has 0 aliphatic carbocycles. The fourth-order valence-corrected chi connectivity index (χ4v) is 4.49. The number of carbonyl (C=O) groups excluding carboxylic acids is 2. The van der Waals surface area contributed by atoms with E-state index in [4.69, 9.17) is 9.15 Å². The zero-order chi connectivity index (χ0) is 23.9. The monoisotopic (exact) mass is 445 g/mol. The highest BCUT2D eigenvalue weighted by Crippen LogP contribution is 2.42. The SMILES string of the molecule is COc1c(C)cc(C)cc1/C(O)=C1/C(=O)C(=O)N(Cc2cc(C)ccc2C)C1c1ccco1. The number of ether oxygens (including phenoxy) is 1. The number of aliphatic hydroxyl groups is 1. The van der Waals surface area contributed by atoms with Crippen molar-refractivity contribution in [2.24, 2.45) is 0 Å². The maximum Gasteiger partial charge on any atom is 0.296 e. The Hall–Kier alpha value is -3.80. The summed E-state index contributed by atoms with van der Waals surface area (Å²) in [5.41, 5.74) is 5.07. The van der Waals surface area contributed by atoms with Gasteiger partial charge in [0, 0.05) is 6.54 Å². The average Bonchev–Trinajstić information content (AvgIpc) is 3.38. The Labute approximate surface area is 193 Å². The van der Waals surface area contributed by atoms with Crippen LogP contribution < -0.4 is 4.74 Å². The summed E-state index contributed by atoms with van der Waals surface area (Å²) in [7, 11) is 1.51. The summed E-state index contributed by atoms with van der Waals surface area (Å²) in [6.45, 7) is 7.92. The lowest BCUT2D eigenvalue weighted by Gasteiger charge is -2.24. The van der Waals surface area contributed by atoms with Crippen LogP contribution in [-0.4, -0.2) is 28.8 Å². The Bertz CT molecular complexity index is 1270. The molecule has 1 aromatic heterocycles. The zero-order valence-electron chi connectivity index (χ0n) is 19.4. The summed E-state index contributed by atoms with van der Waals surface area (Å²) in [6.07, 6.45) is 1.49. The van der Waals surface area contributed by atoms with Crippen molar-refractivity contribution in [2.75, 3.05) is 7.11 Å². The van der Waals surface area contributed by atoms with E-state index in [0.29, 0.717) is 17.1 Å². The first-order chi connectivity index (χ1) is 15.7. The lowest BCUT2D eigenvalue weighted by molar-refractivity contribution is -0.140. The summed E-state index contributed by atoms with van der Waals surface area (Å²) in [6, 6.07) is 12.2.